The van der Waals surface area contributed by atoms with E-state index in [1.54, 1.807) is 37.4 Å². The van der Waals surface area contributed by atoms with Crippen LogP contribution in [0.5, 0.6) is 0 Å². The molecule has 0 saturated carbocycles. The van der Waals surface area contributed by atoms with Crippen LogP contribution in [0.4, 0.5) is 13.2 Å². The molecule has 30 heavy (non-hydrogen) atoms. The summed E-state index contributed by atoms with van der Waals surface area (Å²) in [7, 11) is -1.92. The van der Waals surface area contributed by atoms with E-state index in [1.807, 2.05) is 6.92 Å². The number of hydrogen-bond acceptors (Lipinski definition) is 3. The Bertz CT molecular complexity index is 919. The van der Waals surface area contributed by atoms with E-state index in [9.17, 15) is 21.6 Å². The fraction of sp³-hybridized carbons (Fsp3) is 0.350. The van der Waals surface area contributed by atoms with Crippen molar-refractivity contribution in [3.05, 3.63) is 65.7 Å². The highest BCUT2D eigenvalue weighted by Crippen LogP contribution is 2.29. The lowest BCUT2D eigenvalue weighted by molar-refractivity contribution is -0.137. The maximum Gasteiger partial charge on any atom is 0.416 e. The number of guanidine groups is 1. The molecule has 0 heterocycles. The number of sulfone groups is 1. The van der Waals surface area contributed by atoms with Gasteiger partial charge >= 0.3 is 6.18 Å². The molecule has 0 amide bonds. The second-order valence-electron chi connectivity index (χ2n) is 6.46. The van der Waals surface area contributed by atoms with E-state index >= 15 is 0 Å². The normalized spacial score (nSPS) is 13.3. The van der Waals surface area contributed by atoms with Crippen LogP contribution in [0.1, 0.15) is 24.5 Å². The summed E-state index contributed by atoms with van der Waals surface area (Å²) < 4.78 is 63.0. The average Bonchev–Trinajstić information content (AvgIpc) is 2.70. The first-order chi connectivity index (χ1) is 13.7. The number of nitrogens with zero attached hydrogens (tertiary/aromatic N) is 1. The van der Waals surface area contributed by atoms with Crippen molar-refractivity contribution in [2.75, 3.05) is 12.8 Å². The molecule has 10 heteroatoms. The molecule has 0 saturated heterocycles. The van der Waals surface area contributed by atoms with Crippen LogP contribution in [0, 0.1) is 0 Å². The van der Waals surface area contributed by atoms with E-state index in [4.69, 9.17) is 0 Å². The van der Waals surface area contributed by atoms with Crippen molar-refractivity contribution >= 4 is 39.8 Å². The molecule has 0 fully saturated rings. The van der Waals surface area contributed by atoms with Gasteiger partial charge in [0.1, 0.15) is 0 Å². The van der Waals surface area contributed by atoms with Crippen LogP contribution < -0.4 is 10.6 Å². The van der Waals surface area contributed by atoms with Gasteiger partial charge in [-0.25, -0.2) is 8.42 Å². The minimum atomic E-state index is -4.37. The minimum Gasteiger partial charge on any atom is -0.353 e. The predicted octanol–water partition coefficient (Wildman–Crippen LogP) is 4.24. The molecule has 2 aromatic rings. The average molecular weight is 555 g/mol. The van der Waals surface area contributed by atoms with Crippen molar-refractivity contribution in [2.24, 2.45) is 4.99 Å². The lowest BCUT2D eigenvalue weighted by Gasteiger charge is -2.20. The molecule has 2 N–H and O–H groups in total. The molecule has 0 aliphatic heterocycles. The van der Waals surface area contributed by atoms with E-state index in [1.165, 1.54) is 12.1 Å². The molecule has 0 aliphatic carbocycles. The Hall–Kier alpha value is -1.82. The van der Waals surface area contributed by atoms with E-state index in [0.29, 0.717) is 17.9 Å². The van der Waals surface area contributed by atoms with Gasteiger partial charge in [-0.1, -0.05) is 37.3 Å². The van der Waals surface area contributed by atoms with Crippen molar-refractivity contribution in [3.8, 4) is 0 Å². The minimum absolute atomic E-state index is 0. The predicted molar refractivity (Wildman–Crippen MR) is 123 cm³/mol. The van der Waals surface area contributed by atoms with Crippen molar-refractivity contribution in [2.45, 2.75) is 37.0 Å². The smallest absolute Gasteiger partial charge is 0.353 e. The quantitative estimate of drug-likeness (QED) is 0.305. The molecule has 166 valence electrons. The van der Waals surface area contributed by atoms with Gasteiger partial charge in [-0.05, 0) is 36.2 Å². The zero-order chi connectivity index (χ0) is 21.5. The molecule has 2 rings (SSSR count). The second-order valence-corrected chi connectivity index (χ2v) is 8.50. The summed E-state index contributed by atoms with van der Waals surface area (Å²) in [5, 5.41) is 6.06. The van der Waals surface area contributed by atoms with Gasteiger partial charge in [0, 0.05) is 19.6 Å². The molecule has 0 radical (unpaired) electrons. The number of nitrogens with one attached hydrogen (secondary N) is 2. The van der Waals surface area contributed by atoms with Gasteiger partial charge in [-0.2, -0.15) is 13.2 Å². The van der Waals surface area contributed by atoms with Crippen LogP contribution >= 0.6 is 24.0 Å². The van der Waals surface area contributed by atoms with Gasteiger partial charge in [0.2, 0.25) is 0 Å². The number of benzene rings is 2. The third-order valence-electron chi connectivity index (χ3n) is 4.32. The summed E-state index contributed by atoms with van der Waals surface area (Å²) >= 11 is 0. The number of halogens is 4. The standard InChI is InChI=1S/C20H24F3N3O2S.HI/c1-3-17(14-29(27,28)18-7-5-4-6-8-18)26-19(24-2)25-13-15-9-11-16(12-10-15)20(21,22)23;/h4-12,17H,3,13-14H2,1-2H3,(H2,24,25,26);1H. The van der Waals surface area contributed by atoms with Crippen LogP contribution in [-0.4, -0.2) is 33.2 Å². The number of aliphatic imine (C=N–C) groups is 1. The first-order valence-electron chi connectivity index (χ1n) is 9.07. The Kier molecular flexibility index (Phi) is 10.1. The second kappa shape index (κ2) is 11.5. The fourth-order valence-electron chi connectivity index (χ4n) is 2.64. The van der Waals surface area contributed by atoms with Gasteiger partial charge in [0.15, 0.2) is 15.8 Å². The topological polar surface area (TPSA) is 70.6 Å². The SMILES string of the molecule is CCC(CS(=O)(=O)c1ccccc1)NC(=NC)NCc1ccc(C(F)(F)F)cc1.I. The Morgan fingerprint density at radius 3 is 2.17 bits per heavy atom. The molecule has 0 aromatic heterocycles. The van der Waals surface area contributed by atoms with Crippen molar-refractivity contribution in [1.82, 2.24) is 10.6 Å². The monoisotopic (exact) mass is 555 g/mol. The summed E-state index contributed by atoms with van der Waals surface area (Å²) in [4.78, 5) is 4.33. The molecule has 0 bridgehead atoms. The maximum atomic E-state index is 12.6. The summed E-state index contributed by atoms with van der Waals surface area (Å²) in [5.74, 6) is 0.272. The lowest BCUT2D eigenvalue weighted by atomic mass is 10.1. The van der Waals surface area contributed by atoms with Gasteiger partial charge in [0.25, 0.3) is 0 Å². The first kappa shape index (κ1) is 26.2. The molecular weight excluding hydrogens is 530 g/mol. The zero-order valence-corrected chi connectivity index (χ0v) is 19.8. The first-order valence-corrected chi connectivity index (χ1v) is 10.7. The highest BCUT2D eigenvalue weighted by atomic mass is 127. The van der Waals surface area contributed by atoms with Crippen molar-refractivity contribution < 1.29 is 21.6 Å². The van der Waals surface area contributed by atoms with Crippen molar-refractivity contribution in [1.29, 1.82) is 0 Å². The Morgan fingerprint density at radius 2 is 1.67 bits per heavy atom. The highest BCUT2D eigenvalue weighted by molar-refractivity contribution is 14.0. The third-order valence-corrected chi connectivity index (χ3v) is 6.15. The zero-order valence-electron chi connectivity index (χ0n) is 16.6. The number of alkyl halides is 3. The van der Waals surface area contributed by atoms with Crippen LogP contribution in [0.15, 0.2) is 64.5 Å². The van der Waals surface area contributed by atoms with Crippen molar-refractivity contribution in [3.63, 3.8) is 0 Å². The lowest BCUT2D eigenvalue weighted by Crippen LogP contribution is -2.45. The number of hydrogen-bond donors (Lipinski definition) is 2. The molecule has 1 atom stereocenters. The van der Waals surface area contributed by atoms with Crippen LogP contribution in [-0.2, 0) is 22.6 Å². The van der Waals surface area contributed by atoms with Gasteiger partial charge in [-0.15, -0.1) is 24.0 Å². The Balaban J connectivity index is 0.00000450. The largest absolute Gasteiger partial charge is 0.416 e. The van der Waals surface area contributed by atoms with E-state index in [-0.39, 0.29) is 47.2 Å². The van der Waals surface area contributed by atoms with E-state index in [0.717, 1.165) is 12.1 Å². The highest BCUT2D eigenvalue weighted by Gasteiger charge is 2.29. The van der Waals surface area contributed by atoms with Gasteiger partial charge < -0.3 is 10.6 Å². The fourth-order valence-corrected chi connectivity index (χ4v) is 4.25. The third kappa shape index (κ3) is 7.78. The summed E-state index contributed by atoms with van der Waals surface area (Å²) in [5.41, 5.74) is -0.0631. The Labute approximate surface area is 192 Å². The Morgan fingerprint density at radius 1 is 1.07 bits per heavy atom. The van der Waals surface area contributed by atoms with Crippen LogP contribution in [0.25, 0.3) is 0 Å². The van der Waals surface area contributed by atoms with E-state index in [2.05, 4.69) is 15.6 Å². The number of rotatable bonds is 7. The summed E-state index contributed by atoms with van der Waals surface area (Å²) in [6, 6.07) is 12.7. The van der Waals surface area contributed by atoms with E-state index < -0.39 is 21.6 Å². The van der Waals surface area contributed by atoms with Crippen LogP contribution in [0.3, 0.4) is 0 Å². The molecule has 0 spiro atoms. The molecule has 0 aliphatic rings. The molecule has 1 unspecified atom stereocenters. The molecule has 2 aromatic carbocycles. The maximum absolute atomic E-state index is 12.6. The summed E-state index contributed by atoms with van der Waals surface area (Å²) in [6.45, 7) is 2.11. The molecule has 5 nitrogen and oxygen atoms in total. The van der Waals surface area contributed by atoms with Gasteiger partial charge in [0.05, 0.1) is 16.2 Å². The van der Waals surface area contributed by atoms with Gasteiger partial charge in [-0.3, -0.25) is 4.99 Å². The van der Waals surface area contributed by atoms with Crippen LogP contribution in [0.2, 0.25) is 0 Å². The molecular formula is C20H25F3IN3O2S. The summed E-state index contributed by atoms with van der Waals surface area (Å²) in [6.07, 6.45) is -3.82.